The lowest BCUT2D eigenvalue weighted by atomic mass is 9.95. The highest BCUT2D eigenvalue weighted by Gasteiger charge is 2.37. The average molecular weight is 312 g/mol. The summed E-state index contributed by atoms with van der Waals surface area (Å²) in [5, 5.41) is 0. The van der Waals surface area contributed by atoms with E-state index in [2.05, 4.69) is 40.2 Å². The van der Waals surface area contributed by atoms with Crippen LogP contribution in [0, 0.1) is 11.9 Å². The molecule has 1 aromatic carbocycles. The quantitative estimate of drug-likeness (QED) is 0.790. The minimum Gasteiger partial charge on any atom is -0.289 e. The highest BCUT2D eigenvalue weighted by atomic mass is 19.1. The summed E-state index contributed by atoms with van der Waals surface area (Å²) in [6, 6.07) is 13.9. The number of benzene rings is 1. The second-order valence-electron chi connectivity index (χ2n) is 6.32. The first-order valence-corrected chi connectivity index (χ1v) is 8.03. The van der Waals surface area contributed by atoms with Gasteiger partial charge in [-0.25, -0.2) is 0 Å². The fraction of sp³-hybridized carbons (Fsp3) is 0.316. The van der Waals surface area contributed by atoms with Crippen LogP contribution in [0.1, 0.15) is 30.4 Å². The Kier molecular flexibility index (Phi) is 3.69. The lowest BCUT2D eigenvalue weighted by Crippen LogP contribution is -2.37. The zero-order chi connectivity index (χ0) is 15.8. The molecule has 2 nitrogen and oxygen atoms in total. The molecule has 118 valence electrons. The number of hydrogen-bond donors (Lipinski definition) is 0. The van der Waals surface area contributed by atoms with E-state index in [-0.39, 0.29) is 0 Å². The van der Waals surface area contributed by atoms with Crippen LogP contribution in [-0.4, -0.2) is 22.0 Å². The van der Waals surface area contributed by atoms with Crippen LogP contribution < -0.4 is 0 Å². The molecule has 2 unspecified atom stereocenters. The van der Waals surface area contributed by atoms with Crippen LogP contribution in [0.25, 0.3) is 5.57 Å². The standard InChI is InChI=1S/C19H18F2N2/c20-18-9-8-17(19(21)22-18)14-10-15-6-7-16(11-14)23(15)12-13-4-2-1-3-5-13/h1-5,8-10,15-16H,6-7,11-12H2. The molecule has 0 saturated carbocycles. The Bertz CT molecular complexity index is 742. The molecule has 3 heterocycles. The van der Waals surface area contributed by atoms with Crippen molar-refractivity contribution in [3.63, 3.8) is 0 Å². The summed E-state index contributed by atoms with van der Waals surface area (Å²) < 4.78 is 27.0. The molecule has 1 fully saturated rings. The molecular weight excluding hydrogens is 294 g/mol. The highest BCUT2D eigenvalue weighted by molar-refractivity contribution is 5.67. The van der Waals surface area contributed by atoms with E-state index < -0.39 is 11.9 Å². The first-order chi connectivity index (χ1) is 11.2. The molecule has 2 atom stereocenters. The maximum Gasteiger partial charge on any atom is 0.223 e. The normalized spacial score (nSPS) is 23.8. The van der Waals surface area contributed by atoms with Crippen LogP contribution in [0.15, 0.2) is 48.5 Å². The molecule has 0 aliphatic carbocycles. The summed E-state index contributed by atoms with van der Waals surface area (Å²) in [4.78, 5) is 5.81. The molecule has 0 N–H and O–H groups in total. The topological polar surface area (TPSA) is 16.1 Å². The Morgan fingerprint density at radius 3 is 2.61 bits per heavy atom. The summed E-state index contributed by atoms with van der Waals surface area (Å²) in [5.41, 5.74) is 2.71. The molecule has 1 saturated heterocycles. The predicted molar refractivity (Wildman–Crippen MR) is 85.5 cm³/mol. The Balaban J connectivity index is 1.59. The fourth-order valence-electron chi connectivity index (χ4n) is 3.81. The summed E-state index contributed by atoms with van der Waals surface area (Å²) >= 11 is 0. The lowest BCUT2D eigenvalue weighted by molar-refractivity contribution is 0.203. The number of aromatic nitrogens is 1. The molecule has 2 bridgehead atoms. The van der Waals surface area contributed by atoms with Gasteiger partial charge in [0.25, 0.3) is 0 Å². The van der Waals surface area contributed by atoms with E-state index >= 15 is 0 Å². The second-order valence-corrected chi connectivity index (χ2v) is 6.32. The van der Waals surface area contributed by atoms with Gasteiger partial charge < -0.3 is 0 Å². The van der Waals surface area contributed by atoms with Crippen molar-refractivity contribution in [1.82, 2.24) is 9.88 Å². The second kappa shape index (κ2) is 5.85. The largest absolute Gasteiger partial charge is 0.289 e. The number of nitrogens with zero attached hydrogens (tertiary/aromatic N) is 2. The van der Waals surface area contributed by atoms with E-state index in [0.717, 1.165) is 31.4 Å². The van der Waals surface area contributed by atoms with Crippen LogP contribution in [-0.2, 0) is 6.54 Å². The van der Waals surface area contributed by atoms with Gasteiger partial charge in [-0.1, -0.05) is 36.4 Å². The number of fused-ring (bicyclic) bond motifs is 2. The van der Waals surface area contributed by atoms with Gasteiger partial charge in [-0.05, 0) is 42.5 Å². The maximum absolute atomic E-state index is 13.9. The van der Waals surface area contributed by atoms with Gasteiger partial charge in [0.15, 0.2) is 0 Å². The summed E-state index contributed by atoms with van der Waals surface area (Å²) in [6.07, 6.45) is 5.16. The Morgan fingerprint density at radius 2 is 1.87 bits per heavy atom. The van der Waals surface area contributed by atoms with E-state index in [9.17, 15) is 8.78 Å². The van der Waals surface area contributed by atoms with E-state index in [1.807, 2.05) is 6.07 Å². The third kappa shape index (κ3) is 2.79. The average Bonchev–Trinajstić information content (AvgIpc) is 2.78. The van der Waals surface area contributed by atoms with Crippen molar-refractivity contribution in [2.24, 2.45) is 0 Å². The van der Waals surface area contributed by atoms with Crippen LogP contribution >= 0.6 is 0 Å². The SMILES string of the molecule is Fc1ccc(C2=CC3CCC(C2)N3Cc2ccccc2)c(F)n1. The van der Waals surface area contributed by atoms with Crippen molar-refractivity contribution in [3.8, 4) is 0 Å². The number of halogens is 2. The molecule has 1 aromatic heterocycles. The number of pyridine rings is 1. The third-order valence-corrected chi connectivity index (χ3v) is 4.91. The number of rotatable bonds is 3. The van der Waals surface area contributed by atoms with Gasteiger partial charge in [0, 0.05) is 24.2 Å². The highest BCUT2D eigenvalue weighted by Crippen LogP contribution is 2.39. The Hall–Kier alpha value is -2.07. The summed E-state index contributed by atoms with van der Waals surface area (Å²) in [5.74, 6) is -1.47. The van der Waals surface area contributed by atoms with E-state index in [1.165, 1.54) is 17.7 Å². The van der Waals surface area contributed by atoms with Crippen LogP contribution in [0.5, 0.6) is 0 Å². The van der Waals surface area contributed by atoms with Gasteiger partial charge in [0.05, 0.1) is 0 Å². The fourth-order valence-corrected chi connectivity index (χ4v) is 3.81. The van der Waals surface area contributed by atoms with Gasteiger partial charge in [0.2, 0.25) is 11.9 Å². The molecule has 0 amide bonds. The van der Waals surface area contributed by atoms with E-state index in [1.54, 1.807) is 0 Å². The van der Waals surface area contributed by atoms with Crippen LogP contribution in [0.2, 0.25) is 0 Å². The van der Waals surface area contributed by atoms with Crippen molar-refractivity contribution >= 4 is 5.57 Å². The molecule has 2 aliphatic rings. The van der Waals surface area contributed by atoms with Gasteiger partial charge in [-0.3, -0.25) is 4.90 Å². The number of hydrogen-bond acceptors (Lipinski definition) is 2. The van der Waals surface area contributed by atoms with Crippen molar-refractivity contribution in [1.29, 1.82) is 0 Å². The van der Waals surface area contributed by atoms with Gasteiger partial charge >= 0.3 is 0 Å². The summed E-state index contributed by atoms with van der Waals surface area (Å²) in [6.45, 7) is 0.921. The predicted octanol–water partition coefficient (Wildman–Crippen LogP) is 4.18. The summed E-state index contributed by atoms with van der Waals surface area (Å²) in [7, 11) is 0. The van der Waals surface area contributed by atoms with Crippen LogP contribution in [0.3, 0.4) is 0 Å². The van der Waals surface area contributed by atoms with Gasteiger partial charge in [-0.2, -0.15) is 13.8 Å². The first kappa shape index (κ1) is 14.5. The van der Waals surface area contributed by atoms with Crippen LogP contribution in [0.4, 0.5) is 8.78 Å². The van der Waals surface area contributed by atoms with Crippen molar-refractivity contribution < 1.29 is 8.78 Å². The molecule has 4 rings (SSSR count). The zero-order valence-electron chi connectivity index (χ0n) is 12.8. The zero-order valence-corrected chi connectivity index (χ0v) is 12.8. The van der Waals surface area contributed by atoms with Crippen molar-refractivity contribution in [2.45, 2.75) is 37.9 Å². The first-order valence-electron chi connectivity index (χ1n) is 8.03. The third-order valence-electron chi connectivity index (χ3n) is 4.91. The Labute approximate surface area is 134 Å². The van der Waals surface area contributed by atoms with Gasteiger partial charge in [-0.15, -0.1) is 0 Å². The minimum absolute atomic E-state index is 0.327. The monoisotopic (exact) mass is 312 g/mol. The molecular formula is C19H18F2N2. The van der Waals surface area contributed by atoms with Crippen molar-refractivity contribution in [2.75, 3.05) is 0 Å². The van der Waals surface area contributed by atoms with Crippen molar-refractivity contribution in [3.05, 3.63) is 71.6 Å². The maximum atomic E-state index is 13.9. The van der Waals surface area contributed by atoms with Gasteiger partial charge in [0.1, 0.15) is 0 Å². The minimum atomic E-state index is -0.767. The smallest absolute Gasteiger partial charge is 0.223 e. The molecule has 2 aromatic rings. The molecule has 4 heteroatoms. The molecule has 23 heavy (non-hydrogen) atoms. The van der Waals surface area contributed by atoms with E-state index in [4.69, 9.17) is 0 Å². The Morgan fingerprint density at radius 1 is 1.04 bits per heavy atom. The van der Waals surface area contributed by atoms with E-state index in [0.29, 0.717) is 17.6 Å². The molecule has 0 radical (unpaired) electrons. The molecule has 2 aliphatic heterocycles. The lowest BCUT2D eigenvalue weighted by Gasteiger charge is -2.34. The molecule has 0 spiro atoms.